The Morgan fingerprint density at radius 3 is 2.84 bits per heavy atom. The van der Waals surface area contributed by atoms with Crippen LogP contribution in [0.3, 0.4) is 0 Å². The minimum atomic E-state index is -4.62. The fourth-order valence-corrected chi connectivity index (χ4v) is 1.77. The van der Waals surface area contributed by atoms with Crippen LogP contribution >= 0.6 is 11.3 Å². The fourth-order valence-electron chi connectivity index (χ4n) is 1.14. The topological polar surface area (TPSA) is 70.7 Å². The van der Waals surface area contributed by atoms with Crippen molar-refractivity contribution in [1.82, 2.24) is 15.2 Å². The lowest BCUT2D eigenvalue weighted by Gasteiger charge is -1.98. The summed E-state index contributed by atoms with van der Waals surface area (Å²) in [7, 11) is 0. The van der Waals surface area contributed by atoms with Gasteiger partial charge in [-0.2, -0.15) is 29.5 Å². The van der Waals surface area contributed by atoms with Crippen LogP contribution in [0, 0.1) is 0 Å². The third-order valence-electron chi connectivity index (χ3n) is 1.96. The molecule has 0 radical (unpaired) electrons. The molecule has 0 aliphatic carbocycles. The lowest BCUT2D eigenvalue weighted by Crippen LogP contribution is -2.10. The molecule has 0 spiro atoms. The van der Waals surface area contributed by atoms with Gasteiger partial charge in [-0.1, -0.05) is 0 Å². The number of aromatic amines is 1. The van der Waals surface area contributed by atoms with E-state index in [9.17, 15) is 18.0 Å². The third kappa shape index (κ3) is 3.65. The van der Waals surface area contributed by atoms with Gasteiger partial charge in [0.05, 0.1) is 0 Å². The summed E-state index contributed by atoms with van der Waals surface area (Å²) in [4.78, 5) is 14.5. The van der Waals surface area contributed by atoms with Crippen molar-refractivity contribution in [2.45, 2.75) is 6.18 Å². The highest BCUT2D eigenvalue weighted by Crippen LogP contribution is 2.26. The molecule has 0 aliphatic rings. The van der Waals surface area contributed by atoms with Gasteiger partial charge in [-0.3, -0.25) is 15.2 Å². The number of nitrogens with zero attached hydrogens (tertiary/aromatic N) is 2. The molecule has 2 N–H and O–H groups in total. The minimum absolute atomic E-state index is 0.424. The maximum atomic E-state index is 12.2. The first-order chi connectivity index (χ1) is 8.95. The molecule has 0 aliphatic heterocycles. The number of amides is 1. The molecule has 2 rings (SSSR count). The Bertz CT molecular complexity index is 588. The summed E-state index contributed by atoms with van der Waals surface area (Å²) in [5.41, 5.74) is 0.825. The van der Waals surface area contributed by atoms with Gasteiger partial charge in [0.15, 0.2) is 0 Å². The molecule has 2 heterocycles. The number of anilines is 1. The second kappa shape index (κ2) is 5.22. The van der Waals surface area contributed by atoms with Gasteiger partial charge in [0, 0.05) is 6.08 Å². The van der Waals surface area contributed by atoms with Gasteiger partial charge < -0.3 is 0 Å². The van der Waals surface area contributed by atoms with Crippen molar-refractivity contribution in [2.24, 2.45) is 0 Å². The summed E-state index contributed by atoms with van der Waals surface area (Å²) in [6.07, 6.45) is -1.91. The highest BCUT2D eigenvalue weighted by molar-refractivity contribution is 7.08. The van der Waals surface area contributed by atoms with E-state index in [1.807, 2.05) is 10.8 Å². The first-order valence-corrected chi connectivity index (χ1v) is 5.90. The van der Waals surface area contributed by atoms with Gasteiger partial charge >= 0.3 is 6.18 Å². The third-order valence-corrected chi connectivity index (χ3v) is 2.66. The monoisotopic (exact) mass is 288 g/mol. The molecule has 0 saturated heterocycles. The summed E-state index contributed by atoms with van der Waals surface area (Å²) in [5.74, 6) is -2.30. The molecule has 0 fully saturated rings. The Hall–Kier alpha value is -2.16. The van der Waals surface area contributed by atoms with Crippen molar-refractivity contribution in [1.29, 1.82) is 0 Å². The lowest BCUT2D eigenvalue weighted by molar-refractivity contribution is -0.144. The molecule has 0 atom stereocenters. The zero-order chi connectivity index (χ0) is 13.9. The number of rotatable bonds is 3. The summed E-state index contributed by atoms with van der Waals surface area (Å²) in [6, 6.07) is 1.79. The van der Waals surface area contributed by atoms with Crippen LogP contribution in [0.2, 0.25) is 0 Å². The molecule has 5 nitrogen and oxygen atoms in total. The standard InChI is InChI=1S/C10H7F3N4OS/c11-10(12,13)8-15-9(17-16-8)14-7(18)2-1-6-3-4-19-5-6/h1-5H,(H2,14,15,16,17,18)/b2-1-. The summed E-state index contributed by atoms with van der Waals surface area (Å²) in [6.45, 7) is 0. The fraction of sp³-hybridized carbons (Fsp3) is 0.100. The molecule has 19 heavy (non-hydrogen) atoms. The number of aromatic nitrogens is 3. The van der Waals surface area contributed by atoms with Crippen molar-refractivity contribution < 1.29 is 18.0 Å². The molecule has 0 saturated carbocycles. The molecule has 2 aromatic rings. The quantitative estimate of drug-likeness (QED) is 0.853. The number of alkyl halides is 3. The molecular formula is C10H7F3N4OS. The van der Waals surface area contributed by atoms with Gasteiger partial charge in [0.2, 0.25) is 11.8 Å². The predicted octanol–water partition coefficient (Wildman–Crippen LogP) is 2.54. The van der Waals surface area contributed by atoms with Crippen LogP contribution in [-0.4, -0.2) is 21.1 Å². The molecule has 2 aromatic heterocycles. The van der Waals surface area contributed by atoms with Crippen LogP contribution in [0.1, 0.15) is 11.4 Å². The molecule has 0 aromatic carbocycles. The van der Waals surface area contributed by atoms with Crippen molar-refractivity contribution in [3.05, 3.63) is 34.3 Å². The van der Waals surface area contributed by atoms with E-state index in [2.05, 4.69) is 15.4 Å². The first kappa shape index (κ1) is 13.3. The SMILES string of the molecule is O=C(/C=C\c1ccsc1)Nc1n[nH]c(C(F)(F)F)n1. The molecule has 100 valence electrons. The van der Waals surface area contributed by atoms with Gasteiger partial charge in [0.1, 0.15) is 0 Å². The average Bonchev–Trinajstić information content (AvgIpc) is 2.95. The number of carbonyl (C=O) groups excluding carboxylic acids is 1. The molecule has 0 unspecified atom stereocenters. The zero-order valence-corrected chi connectivity index (χ0v) is 10.0. The second-order valence-corrected chi connectivity index (χ2v) is 4.16. The summed E-state index contributed by atoms with van der Waals surface area (Å²) < 4.78 is 36.6. The highest BCUT2D eigenvalue weighted by atomic mass is 32.1. The van der Waals surface area contributed by atoms with Gasteiger partial charge in [-0.25, -0.2) is 0 Å². The largest absolute Gasteiger partial charge is 0.451 e. The van der Waals surface area contributed by atoms with E-state index in [4.69, 9.17) is 0 Å². The van der Waals surface area contributed by atoms with E-state index in [0.717, 1.165) is 5.56 Å². The van der Waals surface area contributed by atoms with Gasteiger partial charge in [0.25, 0.3) is 5.91 Å². The van der Waals surface area contributed by atoms with Crippen molar-refractivity contribution in [3.63, 3.8) is 0 Å². The van der Waals surface area contributed by atoms with E-state index < -0.39 is 23.9 Å². The Balaban J connectivity index is 1.98. The van der Waals surface area contributed by atoms with Crippen LogP contribution < -0.4 is 5.32 Å². The first-order valence-electron chi connectivity index (χ1n) is 4.96. The van der Waals surface area contributed by atoms with E-state index in [1.54, 1.807) is 11.2 Å². The Labute approximate surface area is 109 Å². The maximum absolute atomic E-state index is 12.2. The molecule has 1 amide bonds. The minimum Gasteiger partial charge on any atom is -0.290 e. The van der Waals surface area contributed by atoms with Gasteiger partial charge in [-0.05, 0) is 28.5 Å². The second-order valence-electron chi connectivity index (χ2n) is 3.38. The van der Waals surface area contributed by atoms with Crippen LogP contribution in [0.5, 0.6) is 0 Å². The lowest BCUT2D eigenvalue weighted by atomic mass is 10.3. The zero-order valence-electron chi connectivity index (χ0n) is 9.23. The number of thiophene rings is 1. The van der Waals surface area contributed by atoms with E-state index in [0.29, 0.717) is 0 Å². The van der Waals surface area contributed by atoms with E-state index >= 15 is 0 Å². The number of hydrogen-bond acceptors (Lipinski definition) is 4. The normalized spacial score (nSPS) is 11.9. The number of nitrogens with one attached hydrogen (secondary N) is 2. The van der Waals surface area contributed by atoms with Crippen LogP contribution in [-0.2, 0) is 11.0 Å². The average molecular weight is 288 g/mol. The van der Waals surface area contributed by atoms with Gasteiger partial charge in [-0.15, -0.1) is 5.10 Å². The number of carbonyl (C=O) groups is 1. The van der Waals surface area contributed by atoms with E-state index in [-0.39, 0.29) is 0 Å². The van der Waals surface area contributed by atoms with Crippen molar-refractivity contribution in [2.75, 3.05) is 5.32 Å². The smallest absolute Gasteiger partial charge is 0.290 e. The van der Waals surface area contributed by atoms with E-state index in [1.165, 1.54) is 23.5 Å². The maximum Gasteiger partial charge on any atom is 0.451 e. The predicted molar refractivity (Wildman–Crippen MR) is 63.4 cm³/mol. The Morgan fingerprint density at radius 1 is 1.47 bits per heavy atom. The van der Waals surface area contributed by atoms with Crippen LogP contribution in [0.15, 0.2) is 22.9 Å². The Kier molecular flexibility index (Phi) is 3.65. The molecule has 0 bridgehead atoms. The molecule has 9 heteroatoms. The summed E-state index contributed by atoms with van der Waals surface area (Å²) >= 11 is 1.46. The van der Waals surface area contributed by atoms with Crippen LogP contribution in [0.4, 0.5) is 19.1 Å². The van der Waals surface area contributed by atoms with Crippen LogP contribution in [0.25, 0.3) is 6.08 Å². The number of hydrogen-bond donors (Lipinski definition) is 2. The molecular weight excluding hydrogens is 281 g/mol. The summed E-state index contributed by atoms with van der Waals surface area (Å²) in [5, 5.41) is 10.7. The number of halogens is 3. The van der Waals surface area contributed by atoms with Crippen molar-refractivity contribution >= 4 is 29.3 Å². The number of H-pyrrole nitrogens is 1. The highest BCUT2D eigenvalue weighted by Gasteiger charge is 2.35. The van der Waals surface area contributed by atoms with Crippen molar-refractivity contribution in [3.8, 4) is 0 Å². The Morgan fingerprint density at radius 2 is 2.26 bits per heavy atom.